The third-order valence-electron chi connectivity index (χ3n) is 6.75. The monoisotopic (exact) mass is 460 g/mol. The van der Waals surface area contributed by atoms with Crippen LogP contribution < -0.4 is 9.64 Å². The van der Waals surface area contributed by atoms with Crippen molar-refractivity contribution in [3.8, 4) is 5.75 Å². The quantitative estimate of drug-likeness (QED) is 0.538. The minimum Gasteiger partial charge on any atom is -0.493 e. The van der Waals surface area contributed by atoms with Crippen molar-refractivity contribution < 1.29 is 23.2 Å². The number of aromatic nitrogens is 2. The van der Waals surface area contributed by atoms with E-state index in [-0.39, 0.29) is 12.3 Å². The molecule has 2 atom stereocenters. The zero-order valence-corrected chi connectivity index (χ0v) is 19.6. The molecule has 2 heterocycles. The number of hydrogen-bond donors (Lipinski definition) is 0. The fourth-order valence-electron chi connectivity index (χ4n) is 4.67. The maximum atomic E-state index is 14.3. The lowest BCUT2D eigenvalue weighted by molar-refractivity contribution is -0.128. The second-order valence-corrected chi connectivity index (χ2v) is 9.27. The summed E-state index contributed by atoms with van der Waals surface area (Å²) in [6.07, 6.45) is 4.54. The van der Waals surface area contributed by atoms with Gasteiger partial charge in [-0.2, -0.15) is 4.98 Å². The number of piperidine rings is 1. The maximum absolute atomic E-state index is 14.3. The predicted octanol–water partition coefficient (Wildman–Crippen LogP) is 3.31. The molecule has 1 saturated heterocycles. The van der Waals surface area contributed by atoms with Gasteiger partial charge in [0.05, 0.1) is 13.0 Å². The molecular formula is C24H33FN4O4. The van der Waals surface area contributed by atoms with Crippen LogP contribution in [0.5, 0.6) is 5.75 Å². The summed E-state index contributed by atoms with van der Waals surface area (Å²) in [4.78, 5) is 19.8. The van der Waals surface area contributed by atoms with E-state index in [1.165, 1.54) is 17.4 Å². The van der Waals surface area contributed by atoms with Crippen LogP contribution in [0.3, 0.4) is 0 Å². The number of hydrogen-bond acceptors (Lipinski definition) is 7. The summed E-state index contributed by atoms with van der Waals surface area (Å²) in [7, 11) is 4.95. The van der Waals surface area contributed by atoms with E-state index in [1.54, 1.807) is 33.3 Å². The number of carbonyl (C=O) groups excluding carboxylic acids is 1. The summed E-state index contributed by atoms with van der Waals surface area (Å²) < 4.78 is 30.5. The van der Waals surface area contributed by atoms with Crippen molar-refractivity contribution in [2.24, 2.45) is 17.8 Å². The van der Waals surface area contributed by atoms with Crippen LogP contribution in [-0.4, -0.2) is 61.8 Å². The van der Waals surface area contributed by atoms with Gasteiger partial charge in [-0.25, -0.2) is 4.39 Å². The highest BCUT2D eigenvalue weighted by Gasteiger charge is 2.43. The van der Waals surface area contributed by atoms with Gasteiger partial charge in [0.1, 0.15) is 18.2 Å². The van der Waals surface area contributed by atoms with E-state index >= 15 is 0 Å². The lowest BCUT2D eigenvalue weighted by atomic mass is 9.90. The van der Waals surface area contributed by atoms with Gasteiger partial charge >= 0.3 is 6.01 Å². The Labute approximate surface area is 194 Å². The third kappa shape index (κ3) is 6.01. The number of carbonyl (C=O) groups is 1. The Morgan fingerprint density at radius 3 is 2.79 bits per heavy atom. The van der Waals surface area contributed by atoms with Crippen molar-refractivity contribution in [3.63, 3.8) is 0 Å². The Balaban J connectivity index is 1.16. The SMILES string of the molecule is COCc1noc(N2CCC(C3CC3CCOc3ccc(CC(=O)N(C)C)c(F)c3)CC2)n1. The molecule has 9 heteroatoms. The maximum Gasteiger partial charge on any atom is 0.324 e. The molecule has 1 aliphatic carbocycles. The van der Waals surface area contributed by atoms with Gasteiger partial charge in [0, 0.05) is 40.4 Å². The first-order valence-corrected chi connectivity index (χ1v) is 11.6. The van der Waals surface area contributed by atoms with Crippen molar-refractivity contribution in [2.45, 2.75) is 38.7 Å². The van der Waals surface area contributed by atoms with E-state index in [0.29, 0.717) is 42.3 Å². The van der Waals surface area contributed by atoms with Crippen molar-refractivity contribution in [3.05, 3.63) is 35.4 Å². The molecule has 1 aromatic carbocycles. The zero-order valence-electron chi connectivity index (χ0n) is 19.6. The molecule has 1 amide bonds. The van der Waals surface area contributed by atoms with E-state index in [9.17, 15) is 9.18 Å². The first kappa shape index (κ1) is 23.5. The van der Waals surface area contributed by atoms with Gasteiger partial charge in [-0.15, -0.1) is 0 Å². The smallest absolute Gasteiger partial charge is 0.324 e. The number of ether oxygens (including phenoxy) is 2. The number of benzene rings is 1. The summed E-state index contributed by atoms with van der Waals surface area (Å²) >= 11 is 0. The molecule has 0 bridgehead atoms. The Morgan fingerprint density at radius 1 is 1.30 bits per heavy atom. The fourth-order valence-corrected chi connectivity index (χ4v) is 4.67. The van der Waals surface area contributed by atoms with Crippen LogP contribution in [0.2, 0.25) is 0 Å². The molecule has 2 unspecified atom stereocenters. The molecule has 1 saturated carbocycles. The lowest BCUT2D eigenvalue weighted by Gasteiger charge is -2.30. The average molecular weight is 461 g/mol. The molecule has 8 nitrogen and oxygen atoms in total. The normalized spacial score (nSPS) is 20.7. The lowest BCUT2D eigenvalue weighted by Crippen LogP contribution is -2.34. The number of likely N-dealkylation sites (N-methyl/N-ethyl adjacent to an activating group) is 1. The van der Waals surface area contributed by atoms with E-state index in [1.807, 2.05) is 0 Å². The molecule has 2 aromatic rings. The number of anilines is 1. The summed E-state index contributed by atoms with van der Waals surface area (Å²) in [5.74, 6) is 2.73. The average Bonchev–Trinajstić information content (AvgIpc) is 3.42. The van der Waals surface area contributed by atoms with Crippen LogP contribution in [0, 0.1) is 23.6 Å². The van der Waals surface area contributed by atoms with E-state index in [0.717, 1.165) is 44.2 Å². The highest BCUT2D eigenvalue weighted by molar-refractivity contribution is 5.78. The number of amides is 1. The Bertz CT molecular complexity index is 942. The minimum atomic E-state index is -0.394. The Kier molecular flexibility index (Phi) is 7.47. The highest BCUT2D eigenvalue weighted by Crippen LogP contribution is 2.49. The van der Waals surface area contributed by atoms with Gasteiger partial charge in [0.2, 0.25) is 5.91 Å². The second kappa shape index (κ2) is 10.5. The van der Waals surface area contributed by atoms with Gasteiger partial charge < -0.3 is 23.8 Å². The van der Waals surface area contributed by atoms with Crippen LogP contribution in [-0.2, 0) is 22.6 Å². The van der Waals surface area contributed by atoms with Crippen molar-refractivity contribution >= 4 is 11.9 Å². The molecule has 1 aliphatic heterocycles. The first-order chi connectivity index (χ1) is 15.9. The van der Waals surface area contributed by atoms with Gasteiger partial charge in [-0.05, 0) is 55.1 Å². The number of methoxy groups -OCH3 is 1. The van der Waals surface area contributed by atoms with E-state index < -0.39 is 5.82 Å². The third-order valence-corrected chi connectivity index (χ3v) is 6.75. The number of rotatable bonds is 10. The zero-order chi connectivity index (χ0) is 23.4. The van der Waals surface area contributed by atoms with Gasteiger partial charge in [-0.1, -0.05) is 11.2 Å². The Morgan fingerprint density at radius 2 is 2.09 bits per heavy atom. The fraction of sp³-hybridized carbons (Fsp3) is 0.625. The Hall–Kier alpha value is -2.68. The van der Waals surface area contributed by atoms with Crippen LogP contribution in [0.15, 0.2) is 22.7 Å². The molecule has 0 spiro atoms. The van der Waals surface area contributed by atoms with E-state index in [4.69, 9.17) is 14.0 Å². The standard InChI is InChI=1S/C24H33FN4O4/c1-28(2)23(30)13-18-4-5-19(14-21(18)25)32-11-8-17-12-20(17)16-6-9-29(10-7-16)24-26-22(15-31-3)27-33-24/h4-5,14,16-17,20H,6-13,15H2,1-3H3. The summed E-state index contributed by atoms with van der Waals surface area (Å²) in [6, 6.07) is 5.36. The molecule has 0 N–H and O–H groups in total. The van der Waals surface area contributed by atoms with Crippen LogP contribution in [0.25, 0.3) is 0 Å². The van der Waals surface area contributed by atoms with E-state index in [2.05, 4.69) is 15.0 Å². The van der Waals surface area contributed by atoms with Gasteiger partial charge in [0.15, 0.2) is 5.82 Å². The minimum absolute atomic E-state index is 0.0580. The molecule has 4 rings (SSSR count). The molecule has 0 radical (unpaired) electrons. The van der Waals surface area contributed by atoms with Crippen molar-refractivity contribution in [1.82, 2.24) is 15.0 Å². The molecule has 33 heavy (non-hydrogen) atoms. The largest absolute Gasteiger partial charge is 0.493 e. The topological polar surface area (TPSA) is 80.9 Å². The second-order valence-electron chi connectivity index (χ2n) is 9.27. The molecule has 1 aromatic heterocycles. The summed E-state index contributed by atoms with van der Waals surface area (Å²) in [6.45, 7) is 2.81. The van der Waals surface area contributed by atoms with Gasteiger partial charge in [-0.3, -0.25) is 4.79 Å². The van der Waals surface area contributed by atoms with Crippen LogP contribution >= 0.6 is 0 Å². The van der Waals surface area contributed by atoms with Crippen molar-refractivity contribution in [2.75, 3.05) is 45.8 Å². The first-order valence-electron chi connectivity index (χ1n) is 11.6. The number of nitrogens with zero attached hydrogens (tertiary/aromatic N) is 4. The van der Waals surface area contributed by atoms with Gasteiger partial charge in [0.25, 0.3) is 0 Å². The summed E-state index contributed by atoms with van der Waals surface area (Å²) in [5, 5.41) is 3.94. The predicted molar refractivity (Wildman–Crippen MR) is 120 cm³/mol. The molecule has 180 valence electrons. The van der Waals surface area contributed by atoms with Crippen molar-refractivity contribution in [1.29, 1.82) is 0 Å². The molecule has 2 fully saturated rings. The van der Waals surface area contributed by atoms with Crippen LogP contribution in [0.4, 0.5) is 10.4 Å². The molecular weight excluding hydrogens is 427 g/mol. The molecule has 2 aliphatic rings. The number of halogens is 1. The summed E-state index contributed by atoms with van der Waals surface area (Å²) in [5.41, 5.74) is 0.394. The highest BCUT2D eigenvalue weighted by atomic mass is 19.1. The van der Waals surface area contributed by atoms with Crippen LogP contribution in [0.1, 0.15) is 37.1 Å².